The van der Waals surface area contributed by atoms with E-state index in [0.29, 0.717) is 33.9 Å². The Labute approximate surface area is 140 Å². The number of amides is 1. The summed E-state index contributed by atoms with van der Waals surface area (Å²) in [6.07, 6.45) is 2.73. The van der Waals surface area contributed by atoms with Crippen molar-refractivity contribution in [2.45, 2.75) is 20.3 Å². The summed E-state index contributed by atoms with van der Waals surface area (Å²) in [6, 6.07) is 5.61. The summed E-state index contributed by atoms with van der Waals surface area (Å²) < 4.78 is 11.4. The summed E-state index contributed by atoms with van der Waals surface area (Å²) >= 11 is 6.60. The molecule has 118 valence electrons. The van der Waals surface area contributed by atoms with Crippen LogP contribution in [-0.2, 0) is 4.79 Å². The Morgan fingerprint density at radius 2 is 2.09 bits per heavy atom. The van der Waals surface area contributed by atoms with Gasteiger partial charge in [-0.25, -0.2) is 0 Å². The first kappa shape index (κ1) is 16.8. The zero-order valence-corrected chi connectivity index (χ0v) is 14.6. The number of carbonyl (C=O) groups excluding carboxylic acids is 1. The van der Waals surface area contributed by atoms with Gasteiger partial charge in [-0.15, -0.1) is 0 Å². The van der Waals surface area contributed by atoms with Gasteiger partial charge in [0.2, 0.25) is 0 Å². The Morgan fingerprint density at radius 3 is 2.73 bits per heavy atom. The quantitative estimate of drug-likeness (QED) is 0.584. The maximum atomic E-state index is 12.3. The molecule has 1 amide bonds. The van der Waals surface area contributed by atoms with Crippen molar-refractivity contribution in [2.24, 2.45) is 0 Å². The largest absolute Gasteiger partial charge is 0.493 e. The molecule has 0 radical (unpaired) electrons. The molecular formula is C16H19NO3S2. The van der Waals surface area contributed by atoms with Crippen molar-refractivity contribution in [3.05, 3.63) is 28.7 Å². The van der Waals surface area contributed by atoms with Crippen molar-refractivity contribution in [1.82, 2.24) is 4.90 Å². The van der Waals surface area contributed by atoms with Crippen LogP contribution in [0.4, 0.5) is 0 Å². The SMILES string of the molecule is CCCN1C(=O)/C(=C/c2ccc(OCC)c(OC)c2)SC1=S. The fraction of sp³-hybridized carbons (Fsp3) is 0.375. The van der Waals surface area contributed by atoms with Crippen LogP contribution in [0.2, 0.25) is 0 Å². The molecule has 1 aromatic rings. The van der Waals surface area contributed by atoms with E-state index in [9.17, 15) is 4.79 Å². The van der Waals surface area contributed by atoms with Gasteiger partial charge in [0, 0.05) is 6.54 Å². The molecule has 6 heteroatoms. The minimum Gasteiger partial charge on any atom is -0.493 e. The molecular weight excluding hydrogens is 318 g/mol. The summed E-state index contributed by atoms with van der Waals surface area (Å²) in [5, 5.41) is 0. The van der Waals surface area contributed by atoms with E-state index in [1.165, 1.54) is 11.8 Å². The predicted molar refractivity (Wildman–Crippen MR) is 94.3 cm³/mol. The van der Waals surface area contributed by atoms with Crippen LogP contribution >= 0.6 is 24.0 Å². The summed E-state index contributed by atoms with van der Waals surface area (Å²) in [6.45, 7) is 5.19. The molecule has 2 rings (SSSR count). The van der Waals surface area contributed by atoms with E-state index in [1.54, 1.807) is 12.0 Å². The molecule has 0 N–H and O–H groups in total. The lowest BCUT2D eigenvalue weighted by Gasteiger charge is -2.12. The fourth-order valence-electron chi connectivity index (χ4n) is 2.12. The van der Waals surface area contributed by atoms with E-state index in [1.807, 2.05) is 38.1 Å². The van der Waals surface area contributed by atoms with Gasteiger partial charge in [0.05, 0.1) is 18.6 Å². The Morgan fingerprint density at radius 1 is 1.32 bits per heavy atom. The van der Waals surface area contributed by atoms with Crippen molar-refractivity contribution >= 4 is 40.3 Å². The van der Waals surface area contributed by atoms with Gasteiger partial charge in [-0.1, -0.05) is 37.0 Å². The van der Waals surface area contributed by atoms with Gasteiger partial charge in [0.1, 0.15) is 4.32 Å². The van der Waals surface area contributed by atoms with Gasteiger partial charge in [0.25, 0.3) is 5.91 Å². The van der Waals surface area contributed by atoms with Gasteiger partial charge in [0.15, 0.2) is 11.5 Å². The second kappa shape index (κ2) is 7.65. The van der Waals surface area contributed by atoms with E-state index >= 15 is 0 Å². The highest BCUT2D eigenvalue weighted by Crippen LogP contribution is 2.34. The van der Waals surface area contributed by atoms with E-state index in [4.69, 9.17) is 21.7 Å². The molecule has 1 fully saturated rings. The van der Waals surface area contributed by atoms with Crippen LogP contribution < -0.4 is 9.47 Å². The monoisotopic (exact) mass is 337 g/mol. The lowest BCUT2D eigenvalue weighted by molar-refractivity contribution is -0.122. The first-order chi connectivity index (χ1) is 10.6. The maximum absolute atomic E-state index is 12.3. The molecule has 1 aliphatic heterocycles. The standard InChI is InChI=1S/C16H19NO3S2/c1-4-8-17-15(18)14(22-16(17)21)10-11-6-7-12(20-5-2)13(9-11)19-3/h6-7,9-10H,4-5,8H2,1-3H3/b14-10-. The Hall–Kier alpha value is -1.53. The summed E-state index contributed by atoms with van der Waals surface area (Å²) in [5.74, 6) is 1.32. The van der Waals surface area contributed by atoms with Gasteiger partial charge < -0.3 is 9.47 Å². The van der Waals surface area contributed by atoms with E-state index in [-0.39, 0.29) is 5.91 Å². The smallest absolute Gasteiger partial charge is 0.266 e. The van der Waals surface area contributed by atoms with Crippen LogP contribution in [0.25, 0.3) is 6.08 Å². The Balaban J connectivity index is 2.26. The molecule has 0 aliphatic carbocycles. The van der Waals surface area contributed by atoms with Crippen molar-refractivity contribution in [2.75, 3.05) is 20.3 Å². The summed E-state index contributed by atoms with van der Waals surface area (Å²) in [7, 11) is 1.60. The van der Waals surface area contributed by atoms with Crippen LogP contribution in [0.5, 0.6) is 11.5 Å². The van der Waals surface area contributed by atoms with Gasteiger partial charge in [-0.05, 0) is 37.1 Å². The van der Waals surface area contributed by atoms with Crippen LogP contribution in [-0.4, -0.2) is 35.4 Å². The number of rotatable bonds is 6. The third-order valence-electron chi connectivity index (χ3n) is 3.11. The zero-order chi connectivity index (χ0) is 16.1. The highest BCUT2D eigenvalue weighted by molar-refractivity contribution is 8.26. The van der Waals surface area contributed by atoms with Crippen molar-refractivity contribution in [3.63, 3.8) is 0 Å². The Bertz CT molecular complexity index is 613. The third-order valence-corrected chi connectivity index (χ3v) is 4.48. The maximum Gasteiger partial charge on any atom is 0.266 e. The molecule has 1 aliphatic rings. The van der Waals surface area contributed by atoms with Crippen molar-refractivity contribution in [1.29, 1.82) is 0 Å². The summed E-state index contributed by atoms with van der Waals surface area (Å²) in [4.78, 5) is 14.6. The molecule has 0 bridgehead atoms. The highest BCUT2D eigenvalue weighted by atomic mass is 32.2. The molecule has 0 unspecified atom stereocenters. The molecule has 0 atom stereocenters. The van der Waals surface area contributed by atoms with Gasteiger partial charge in [-0.2, -0.15) is 0 Å². The minimum absolute atomic E-state index is 0.0234. The van der Waals surface area contributed by atoms with E-state index in [2.05, 4.69) is 0 Å². The number of hydrogen-bond acceptors (Lipinski definition) is 5. The summed E-state index contributed by atoms with van der Waals surface area (Å²) in [5.41, 5.74) is 0.886. The number of carbonyl (C=O) groups is 1. The normalized spacial score (nSPS) is 16.5. The van der Waals surface area contributed by atoms with Gasteiger partial charge in [-0.3, -0.25) is 9.69 Å². The molecule has 4 nitrogen and oxygen atoms in total. The topological polar surface area (TPSA) is 38.8 Å². The molecule has 0 spiro atoms. The Kier molecular flexibility index (Phi) is 5.85. The zero-order valence-electron chi connectivity index (χ0n) is 12.9. The third kappa shape index (κ3) is 3.62. The predicted octanol–water partition coefficient (Wildman–Crippen LogP) is 3.71. The number of hydrogen-bond donors (Lipinski definition) is 0. The molecule has 22 heavy (non-hydrogen) atoms. The van der Waals surface area contributed by atoms with Crippen LogP contribution in [0.15, 0.2) is 23.1 Å². The highest BCUT2D eigenvalue weighted by Gasteiger charge is 2.31. The molecule has 1 heterocycles. The van der Waals surface area contributed by atoms with Crippen molar-refractivity contribution in [3.8, 4) is 11.5 Å². The second-order valence-corrected chi connectivity index (χ2v) is 6.35. The first-order valence-electron chi connectivity index (χ1n) is 7.16. The second-order valence-electron chi connectivity index (χ2n) is 4.68. The minimum atomic E-state index is -0.0234. The first-order valence-corrected chi connectivity index (χ1v) is 8.39. The number of methoxy groups -OCH3 is 1. The van der Waals surface area contributed by atoms with E-state index in [0.717, 1.165) is 12.0 Å². The average Bonchev–Trinajstić information content (AvgIpc) is 2.77. The van der Waals surface area contributed by atoms with E-state index < -0.39 is 0 Å². The van der Waals surface area contributed by atoms with Crippen LogP contribution in [0.1, 0.15) is 25.8 Å². The van der Waals surface area contributed by atoms with Crippen LogP contribution in [0.3, 0.4) is 0 Å². The lowest BCUT2D eigenvalue weighted by atomic mass is 10.2. The number of thiocarbonyl (C=S) groups is 1. The molecule has 1 aromatic carbocycles. The van der Waals surface area contributed by atoms with Gasteiger partial charge >= 0.3 is 0 Å². The average molecular weight is 337 g/mol. The number of nitrogens with zero attached hydrogens (tertiary/aromatic N) is 1. The van der Waals surface area contributed by atoms with Crippen molar-refractivity contribution < 1.29 is 14.3 Å². The number of ether oxygens (including phenoxy) is 2. The molecule has 0 saturated carbocycles. The lowest BCUT2D eigenvalue weighted by Crippen LogP contribution is -2.28. The fourth-order valence-corrected chi connectivity index (χ4v) is 3.43. The molecule has 0 aromatic heterocycles. The van der Waals surface area contributed by atoms with Crippen LogP contribution in [0, 0.1) is 0 Å². The molecule has 1 saturated heterocycles. The number of thioether (sulfide) groups is 1. The number of benzene rings is 1.